The molecule has 0 atom stereocenters. The molecule has 1 N–H and O–H groups in total. The minimum absolute atomic E-state index is 0.0441. The number of amides is 1. The first-order valence-electron chi connectivity index (χ1n) is 6.71. The number of ketones is 1. The number of nitrogens with one attached hydrogen (secondary N) is 1. The molecule has 0 radical (unpaired) electrons. The summed E-state index contributed by atoms with van der Waals surface area (Å²) in [5.41, 5.74) is 2.45. The molecule has 0 spiro atoms. The van der Waals surface area contributed by atoms with Crippen LogP contribution in [0.5, 0.6) is 0 Å². The summed E-state index contributed by atoms with van der Waals surface area (Å²) in [6, 6.07) is 5.61. The lowest BCUT2D eigenvalue weighted by Crippen LogP contribution is -2.32. The average Bonchev–Trinajstić information content (AvgIpc) is 2.92. The summed E-state index contributed by atoms with van der Waals surface area (Å²) in [7, 11) is 0. The summed E-state index contributed by atoms with van der Waals surface area (Å²) < 4.78 is 0. The van der Waals surface area contributed by atoms with Gasteiger partial charge in [-0.1, -0.05) is 25.0 Å². The SMILES string of the molecule is O=C1NCCc2ccc(C(=O)C3CCCC3)cc21. The predicted molar refractivity (Wildman–Crippen MR) is 68.8 cm³/mol. The second-order valence-corrected chi connectivity index (χ2v) is 5.22. The minimum atomic E-state index is -0.0441. The molecule has 0 bridgehead atoms. The molecule has 0 aromatic heterocycles. The maximum atomic E-state index is 12.3. The van der Waals surface area contributed by atoms with Crippen LogP contribution in [0.3, 0.4) is 0 Å². The summed E-state index contributed by atoms with van der Waals surface area (Å²) in [6.45, 7) is 0.696. The molecule has 18 heavy (non-hydrogen) atoms. The highest BCUT2D eigenvalue weighted by atomic mass is 16.1. The Hall–Kier alpha value is -1.64. The molecule has 1 amide bonds. The quantitative estimate of drug-likeness (QED) is 0.810. The average molecular weight is 243 g/mol. The second-order valence-electron chi connectivity index (χ2n) is 5.22. The van der Waals surface area contributed by atoms with Gasteiger partial charge in [0.2, 0.25) is 0 Å². The van der Waals surface area contributed by atoms with Crippen LogP contribution in [0.2, 0.25) is 0 Å². The van der Waals surface area contributed by atoms with Crippen molar-refractivity contribution in [2.75, 3.05) is 6.54 Å². The van der Waals surface area contributed by atoms with E-state index in [0.29, 0.717) is 17.7 Å². The third kappa shape index (κ3) is 1.94. The monoisotopic (exact) mass is 243 g/mol. The predicted octanol–water partition coefficient (Wildman–Crippen LogP) is 2.35. The van der Waals surface area contributed by atoms with Gasteiger partial charge in [-0.25, -0.2) is 0 Å². The molecule has 1 aromatic carbocycles. The first kappa shape index (κ1) is 11.5. The van der Waals surface area contributed by atoms with Crippen LogP contribution in [0.15, 0.2) is 18.2 Å². The van der Waals surface area contributed by atoms with Gasteiger partial charge in [-0.15, -0.1) is 0 Å². The van der Waals surface area contributed by atoms with E-state index in [1.165, 1.54) is 0 Å². The van der Waals surface area contributed by atoms with Gasteiger partial charge in [0.25, 0.3) is 5.91 Å². The van der Waals surface area contributed by atoms with Crippen LogP contribution in [-0.2, 0) is 6.42 Å². The summed E-state index contributed by atoms with van der Waals surface area (Å²) in [4.78, 5) is 24.1. The van der Waals surface area contributed by atoms with Gasteiger partial charge < -0.3 is 5.32 Å². The number of carbonyl (C=O) groups excluding carboxylic acids is 2. The van der Waals surface area contributed by atoms with Crippen LogP contribution in [-0.4, -0.2) is 18.2 Å². The molecular formula is C15H17NO2. The van der Waals surface area contributed by atoms with E-state index in [4.69, 9.17) is 0 Å². The van der Waals surface area contributed by atoms with Crippen molar-refractivity contribution in [1.82, 2.24) is 5.32 Å². The standard InChI is InChI=1S/C15H17NO2/c17-14(11-3-1-2-4-11)12-6-5-10-7-8-16-15(18)13(10)9-12/h5-6,9,11H,1-4,7-8H2,(H,16,18). The van der Waals surface area contributed by atoms with Crippen LogP contribution in [0.1, 0.15) is 52.0 Å². The Morgan fingerprint density at radius 2 is 2.00 bits per heavy atom. The van der Waals surface area contributed by atoms with E-state index in [0.717, 1.165) is 37.7 Å². The second kappa shape index (κ2) is 4.56. The van der Waals surface area contributed by atoms with Crippen molar-refractivity contribution in [2.24, 2.45) is 5.92 Å². The zero-order chi connectivity index (χ0) is 12.5. The molecular weight excluding hydrogens is 226 g/mol. The normalized spacial score (nSPS) is 19.4. The molecule has 0 saturated heterocycles. The van der Waals surface area contributed by atoms with Gasteiger partial charge in [0.1, 0.15) is 0 Å². The Balaban J connectivity index is 1.91. The molecule has 1 saturated carbocycles. The first-order valence-corrected chi connectivity index (χ1v) is 6.71. The summed E-state index contributed by atoms with van der Waals surface area (Å²) in [6.07, 6.45) is 5.17. The first-order chi connectivity index (χ1) is 8.75. The number of benzene rings is 1. The highest BCUT2D eigenvalue weighted by Gasteiger charge is 2.25. The topological polar surface area (TPSA) is 46.2 Å². The summed E-state index contributed by atoms with van der Waals surface area (Å²) >= 11 is 0. The van der Waals surface area contributed by atoms with E-state index in [-0.39, 0.29) is 17.6 Å². The molecule has 1 fully saturated rings. The lowest BCUT2D eigenvalue weighted by Gasteiger charge is -2.17. The zero-order valence-electron chi connectivity index (χ0n) is 10.4. The largest absolute Gasteiger partial charge is 0.352 e. The van der Waals surface area contributed by atoms with Crippen molar-refractivity contribution in [1.29, 1.82) is 0 Å². The molecule has 3 rings (SSSR count). The van der Waals surface area contributed by atoms with Crippen molar-refractivity contribution in [2.45, 2.75) is 32.1 Å². The van der Waals surface area contributed by atoms with Crippen LogP contribution >= 0.6 is 0 Å². The van der Waals surface area contributed by atoms with Crippen molar-refractivity contribution < 1.29 is 9.59 Å². The number of fused-ring (bicyclic) bond motifs is 1. The van der Waals surface area contributed by atoms with E-state index in [1.54, 1.807) is 6.07 Å². The van der Waals surface area contributed by atoms with Gasteiger partial charge in [-0.05, 0) is 30.9 Å². The number of rotatable bonds is 2. The van der Waals surface area contributed by atoms with Crippen LogP contribution in [0.4, 0.5) is 0 Å². The van der Waals surface area contributed by atoms with Crippen molar-refractivity contribution in [3.63, 3.8) is 0 Å². The maximum Gasteiger partial charge on any atom is 0.251 e. The molecule has 1 aliphatic heterocycles. The fourth-order valence-corrected chi connectivity index (χ4v) is 2.99. The van der Waals surface area contributed by atoms with Gasteiger partial charge in [0, 0.05) is 23.6 Å². The van der Waals surface area contributed by atoms with Gasteiger partial charge in [-0.2, -0.15) is 0 Å². The van der Waals surface area contributed by atoms with Gasteiger partial charge in [-0.3, -0.25) is 9.59 Å². The summed E-state index contributed by atoms with van der Waals surface area (Å²) in [5, 5.41) is 2.82. The Labute approximate surface area is 107 Å². The van der Waals surface area contributed by atoms with E-state index in [2.05, 4.69) is 5.32 Å². The molecule has 0 unspecified atom stereocenters. The van der Waals surface area contributed by atoms with E-state index >= 15 is 0 Å². The van der Waals surface area contributed by atoms with Crippen molar-refractivity contribution in [3.05, 3.63) is 34.9 Å². The minimum Gasteiger partial charge on any atom is -0.352 e. The van der Waals surface area contributed by atoms with E-state index in [1.807, 2.05) is 12.1 Å². The molecule has 94 valence electrons. The molecule has 2 aliphatic rings. The van der Waals surface area contributed by atoms with Gasteiger partial charge in [0.05, 0.1) is 0 Å². The Morgan fingerprint density at radius 3 is 2.78 bits per heavy atom. The lowest BCUT2D eigenvalue weighted by molar-refractivity contribution is 0.0923. The fraction of sp³-hybridized carbons (Fsp3) is 0.467. The van der Waals surface area contributed by atoms with E-state index < -0.39 is 0 Å². The molecule has 1 aromatic rings. The zero-order valence-corrected chi connectivity index (χ0v) is 10.4. The maximum absolute atomic E-state index is 12.3. The van der Waals surface area contributed by atoms with Gasteiger partial charge in [0.15, 0.2) is 5.78 Å². The molecule has 3 heteroatoms. The number of hydrogen-bond donors (Lipinski definition) is 1. The number of Topliss-reactive ketones (excluding diaryl/α,β-unsaturated/α-hetero) is 1. The van der Waals surface area contributed by atoms with Crippen LogP contribution < -0.4 is 5.32 Å². The number of carbonyl (C=O) groups is 2. The third-order valence-electron chi connectivity index (χ3n) is 4.04. The highest BCUT2D eigenvalue weighted by molar-refractivity contribution is 6.02. The third-order valence-corrected chi connectivity index (χ3v) is 4.04. The fourth-order valence-electron chi connectivity index (χ4n) is 2.99. The molecule has 1 heterocycles. The Kier molecular flexibility index (Phi) is 2.90. The Morgan fingerprint density at radius 1 is 1.22 bits per heavy atom. The molecule has 3 nitrogen and oxygen atoms in total. The summed E-state index contributed by atoms with van der Waals surface area (Å²) in [5.74, 6) is 0.348. The lowest BCUT2D eigenvalue weighted by atomic mass is 9.91. The van der Waals surface area contributed by atoms with Crippen molar-refractivity contribution in [3.8, 4) is 0 Å². The van der Waals surface area contributed by atoms with Crippen LogP contribution in [0.25, 0.3) is 0 Å². The smallest absolute Gasteiger partial charge is 0.251 e. The highest BCUT2D eigenvalue weighted by Crippen LogP contribution is 2.29. The Bertz CT molecular complexity index is 501. The molecule has 1 aliphatic carbocycles. The van der Waals surface area contributed by atoms with Gasteiger partial charge >= 0.3 is 0 Å². The van der Waals surface area contributed by atoms with Crippen LogP contribution in [0, 0.1) is 5.92 Å². The number of hydrogen-bond acceptors (Lipinski definition) is 2. The van der Waals surface area contributed by atoms with E-state index in [9.17, 15) is 9.59 Å². The van der Waals surface area contributed by atoms with Crippen molar-refractivity contribution >= 4 is 11.7 Å².